The number of aromatic nitrogens is 1. The molecule has 0 spiro atoms. The highest BCUT2D eigenvalue weighted by molar-refractivity contribution is 5.74. The van der Waals surface area contributed by atoms with Gasteiger partial charge < -0.3 is 24.3 Å². The third-order valence-corrected chi connectivity index (χ3v) is 6.52. The molecule has 1 aromatic rings. The van der Waals surface area contributed by atoms with Gasteiger partial charge in [-0.3, -0.25) is 29.2 Å². The van der Waals surface area contributed by atoms with Gasteiger partial charge in [0, 0.05) is 32.7 Å². The molecule has 3 rings (SSSR count). The fourth-order valence-electron chi connectivity index (χ4n) is 4.81. The van der Waals surface area contributed by atoms with Gasteiger partial charge in [-0.2, -0.15) is 0 Å². The molecule has 1 aromatic heterocycles. The van der Waals surface area contributed by atoms with Crippen molar-refractivity contribution in [3.05, 3.63) is 47.5 Å². The number of fused-ring (bicyclic) bond motifs is 4. The standard InChI is InChI=1S/C29H41N5O8/c1-6-39-25(35)17-32-11-12-33-18-27(37)42-29(5,20-33)34(19-26(36)40-7-2)16-24-14-22(13-23(15-32)31-24)9-8-10-30-28(38)41-21(3)4/h8-9,13-14H,3,6-7,10-12,15-20H2,1-2,4-5H3,(H,30,38)/b9-8-. The van der Waals surface area contributed by atoms with Gasteiger partial charge in [-0.1, -0.05) is 18.7 Å². The molecule has 0 aliphatic carbocycles. The first-order chi connectivity index (χ1) is 20.0. The van der Waals surface area contributed by atoms with Crippen LogP contribution in [0.15, 0.2) is 30.5 Å². The van der Waals surface area contributed by atoms with Crippen LogP contribution in [0, 0.1) is 0 Å². The molecule has 2 aliphatic rings. The molecule has 1 saturated heterocycles. The summed E-state index contributed by atoms with van der Waals surface area (Å²) in [6.07, 6.45) is 2.99. The summed E-state index contributed by atoms with van der Waals surface area (Å²) in [5.74, 6) is -0.913. The van der Waals surface area contributed by atoms with Gasteiger partial charge in [0.1, 0.15) is 6.54 Å². The highest BCUT2D eigenvalue weighted by atomic mass is 16.6. The SMILES string of the molecule is C=C(C)OC(=O)NC/C=C\c1cc2nc(c1)CN(CC(=O)OCC)C1(C)CN(CCN(CC(=O)OCC)C2)CC(=O)O1. The van der Waals surface area contributed by atoms with Crippen molar-refractivity contribution in [3.8, 4) is 0 Å². The van der Waals surface area contributed by atoms with Gasteiger partial charge >= 0.3 is 24.0 Å². The van der Waals surface area contributed by atoms with Crippen molar-refractivity contribution >= 4 is 30.1 Å². The number of carbonyl (C=O) groups is 4. The first kappa shape index (κ1) is 32.7. The van der Waals surface area contributed by atoms with Crippen molar-refractivity contribution < 1.29 is 38.1 Å². The lowest BCUT2D eigenvalue weighted by atomic mass is 10.1. The average molecular weight is 588 g/mol. The Hall–Kier alpha value is -3.81. The van der Waals surface area contributed by atoms with Crippen LogP contribution >= 0.6 is 0 Å². The zero-order chi connectivity index (χ0) is 30.7. The van der Waals surface area contributed by atoms with E-state index in [4.69, 9.17) is 23.9 Å². The average Bonchev–Trinajstić information content (AvgIpc) is 2.88. The largest absolute Gasteiger partial charge is 0.465 e. The third kappa shape index (κ3) is 10.2. The van der Waals surface area contributed by atoms with Crippen molar-refractivity contribution in [2.24, 2.45) is 0 Å². The molecule has 2 aliphatic heterocycles. The van der Waals surface area contributed by atoms with Crippen molar-refractivity contribution in [1.29, 1.82) is 0 Å². The molecular weight excluding hydrogens is 546 g/mol. The summed E-state index contributed by atoms with van der Waals surface area (Å²) in [5.41, 5.74) is 0.984. The molecule has 42 heavy (non-hydrogen) atoms. The number of esters is 3. The number of nitrogens with zero attached hydrogens (tertiary/aromatic N) is 4. The lowest BCUT2D eigenvalue weighted by Crippen LogP contribution is -2.62. The predicted molar refractivity (Wildman–Crippen MR) is 152 cm³/mol. The van der Waals surface area contributed by atoms with Crippen LogP contribution in [-0.4, -0.2) is 108 Å². The summed E-state index contributed by atoms with van der Waals surface area (Å²) < 4.78 is 21.2. The smallest absolute Gasteiger partial charge is 0.412 e. The minimum atomic E-state index is -1.13. The van der Waals surface area contributed by atoms with Crippen molar-refractivity contribution in [2.45, 2.75) is 46.5 Å². The molecule has 0 radical (unpaired) electrons. The summed E-state index contributed by atoms with van der Waals surface area (Å²) in [4.78, 5) is 60.0. The van der Waals surface area contributed by atoms with E-state index in [1.54, 1.807) is 38.7 Å². The number of carbonyl (C=O) groups excluding carboxylic acids is 4. The Labute approximate surface area is 246 Å². The van der Waals surface area contributed by atoms with Crippen LogP contribution < -0.4 is 5.32 Å². The summed E-state index contributed by atoms with van der Waals surface area (Å²) in [7, 11) is 0. The van der Waals surface area contributed by atoms with E-state index in [-0.39, 0.29) is 57.7 Å². The van der Waals surface area contributed by atoms with Crippen LogP contribution in [0.5, 0.6) is 0 Å². The lowest BCUT2D eigenvalue weighted by molar-refractivity contribution is -0.206. The number of hydrogen-bond acceptors (Lipinski definition) is 12. The second-order valence-corrected chi connectivity index (χ2v) is 10.3. The van der Waals surface area contributed by atoms with Crippen LogP contribution in [0.25, 0.3) is 6.08 Å². The Bertz CT molecular complexity index is 1190. The molecule has 2 unspecified atom stereocenters. The molecule has 230 valence electrons. The first-order valence-corrected chi connectivity index (χ1v) is 14.0. The van der Waals surface area contributed by atoms with E-state index >= 15 is 0 Å². The van der Waals surface area contributed by atoms with Crippen LogP contribution in [0.3, 0.4) is 0 Å². The monoisotopic (exact) mass is 587 g/mol. The molecular formula is C29H41N5O8. The summed E-state index contributed by atoms with van der Waals surface area (Å²) in [6.45, 7) is 13.0. The molecule has 13 nitrogen and oxygen atoms in total. The van der Waals surface area contributed by atoms with Gasteiger partial charge in [0.2, 0.25) is 0 Å². The van der Waals surface area contributed by atoms with E-state index in [9.17, 15) is 19.2 Å². The summed E-state index contributed by atoms with van der Waals surface area (Å²) >= 11 is 0. The van der Waals surface area contributed by atoms with E-state index in [1.807, 2.05) is 28.0 Å². The Morgan fingerprint density at radius 2 is 1.74 bits per heavy atom. The van der Waals surface area contributed by atoms with Crippen LogP contribution in [0.2, 0.25) is 0 Å². The maximum atomic E-state index is 12.7. The molecule has 1 fully saturated rings. The number of ether oxygens (including phenoxy) is 4. The predicted octanol–water partition coefficient (Wildman–Crippen LogP) is 1.67. The van der Waals surface area contributed by atoms with Crippen molar-refractivity contribution in [3.63, 3.8) is 0 Å². The Morgan fingerprint density at radius 1 is 1.07 bits per heavy atom. The molecule has 4 bridgehead atoms. The Balaban J connectivity index is 1.96. The number of allylic oxidation sites excluding steroid dienone is 1. The van der Waals surface area contributed by atoms with Crippen LogP contribution in [-0.2, 0) is 46.4 Å². The van der Waals surface area contributed by atoms with Gasteiger partial charge in [-0.25, -0.2) is 9.69 Å². The second kappa shape index (κ2) is 15.4. The number of hydrogen-bond donors (Lipinski definition) is 1. The van der Waals surface area contributed by atoms with E-state index in [1.165, 1.54) is 0 Å². The topological polar surface area (TPSA) is 140 Å². The number of morpholine rings is 1. The minimum absolute atomic E-state index is 0.0597. The molecule has 2 atom stereocenters. The molecule has 1 amide bonds. The van der Waals surface area contributed by atoms with Crippen molar-refractivity contribution in [2.75, 3.05) is 59.0 Å². The number of nitrogens with one attached hydrogen (secondary N) is 1. The van der Waals surface area contributed by atoms with Gasteiger partial charge in [-0.15, -0.1) is 0 Å². The fourth-order valence-corrected chi connectivity index (χ4v) is 4.81. The van der Waals surface area contributed by atoms with E-state index in [0.717, 1.165) is 5.56 Å². The van der Waals surface area contributed by atoms with Crippen LogP contribution in [0.1, 0.15) is 44.6 Å². The maximum absolute atomic E-state index is 12.7. The molecule has 13 heteroatoms. The fraction of sp³-hybridized carbons (Fsp3) is 0.552. The Kier molecular flexibility index (Phi) is 12.0. The molecule has 0 aromatic carbocycles. The lowest BCUT2D eigenvalue weighted by Gasteiger charge is -2.46. The molecule has 0 saturated carbocycles. The molecule has 3 heterocycles. The number of alkyl carbamates (subject to hydrolysis) is 1. The number of amides is 1. The Morgan fingerprint density at radius 3 is 2.40 bits per heavy atom. The van der Waals surface area contributed by atoms with Crippen molar-refractivity contribution in [1.82, 2.24) is 25.0 Å². The van der Waals surface area contributed by atoms with Gasteiger partial charge in [0.15, 0.2) is 5.72 Å². The quantitative estimate of drug-likeness (QED) is 0.242. The highest BCUT2D eigenvalue weighted by Gasteiger charge is 2.43. The minimum Gasteiger partial charge on any atom is -0.465 e. The maximum Gasteiger partial charge on any atom is 0.412 e. The van der Waals surface area contributed by atoms with Gasteiger partial charge in [0.05, 0.1) is 50.0 Å². The molecule has 1 N–H and O–H groups in total. The first-order valence-electron chi connectivity index (χ1n) is 14.0. The number of pyridine rings is 1. The third-order valence-electron chi connectivity index (χ3n) is 6.52. The van der Waals surface area contributed by atoms with Crippen LogP contribution in [0.4, 0.5) is 4.79 Å². The van der Waals surface area contributed by atoms with E-state index < -0.39 is 23.8 Å². The summed E-state index contributed by atoms with van der Waals surface area (Å²) in [5, 5.41) is 2.61. The normalized spacial score (nSPS) is 21.4. The van der Waals surface area contributed by atoms with Gasteiger partial charge in [0.25, 0.3) is 0 Å². The second-order valence-electron chi connectivity index (χ2n) is 10.3. The highest BCUT2D eigenvalue weighted by Crippen LogP contribution is 2.26. The number of rotatable bonds is 10. The van der Waals surface area contributed by atoms with E-state index in [0.29, 0.717) is 37.6 Å². The summed E-state index contributed by atoms with van der Waals surface area (Å²) in [6, 6.07) is 3.76. The van der Waals surface area contributed by atoms with E-state index in [2.05, 4.69) is 11.9 Å². The zero-order valence-electron chi connectivity index (χ0n) is 24.8. The zero-order valence-corrected chi connectivity index (χ0v) is 24.8. The van der Waals surface area contributed by atoms with Gasteiger partial charge in [-0.05, 0) is 45.4 Å².